The Labute approximate surface area is 170 Å². The summed E-state index contributed by atoms with van der Waals surface area (Å²) in [5, 5.41) is 4.17. The first-order valence-corrected chi connectivity index (χ1v) is 10.6. The van der Waals surface area contributed by atoms with Crippen LogP contribution in [0.5, 0.6) is 0 Å². The van der Waals surface area contributed by atoms with Gasteiger partial charge < -0.3 is 10.2 Å². The minimum Gasteiger partial charge on any atom is -0.351 e. The fourth-order valence-corrected chi connectivity index (χ4v) is 4.72. The van der Waals surface area contributed by atoms with Gasteiger partial charge in [-0.25, -0.2) is 4.98 Å². The molecule has 5 nitrogen and oxygen atoms in total. The summed E-state index contributed by atoms with van der Waals surface area (Å²) in [4.78, 5) is 22.0. The number of thiazole rings is 1. The number of aryl methyl sites for hydroxylation is 2. The largest absolute Gasteiger partial charge is 0.351 e. The molecule has 0 atom stereocenters. The van der Waals surface area contributed by atoms with Crippen molar-refractivity contribution in [2.75, 3.05) is 44.2 Å². The molecule has 28 heavy (non-hydrogen) atoms. The van der Waals surface area contributed by atoms with Gasteiger partial charge in [0.05, 0.1) is 10.2 Å². The number of carbonyl (C=O) groups excluding carboxylic acids is 1. The third-order valence-electron chi connectivity index (χ3n) is 5.36. The lowest BCUT2D eigenvalue weighted by Gasteiger charge is -2.34. The molecule has 6 heteroatoms. The Morgan fingerprint density at radius 3 is 2.54 bits per heavy atom. The number of anilines is 1. The Balaban J connectivity index is 1.27. The van der Waals surface area contributed by atoms with Crippen molar-refractivity contribution in [3.63, 3.8) is 0 Å². The minimum absolute atomic E-state index is 0.0154. The molecule has 1 amide bonds. The van der Waals surface area contributed by atoms with Gasteiger partial charge in [-0.15, -0.1) is 0 Å². The first kappa shape index (κ1) is 18.9. The summed E-state index contributed by atoms with van der Waals surface area (Å²) >= 11 is 1.78. The molecule has 4 rings (SSSR count). The van der Waals surface area contributed by atoms with Crippen LogP contribution in [0, 0.1) is 13.8 Å². The molecule has 1 fully saturated rings. The predicted octanol–water partition coefficient (Wildman–Crippen LogP) is 3.47. The van der Waals surface area contributed by atoms with Crippen molar-refractivity contribution in [3.05, 3.63) is 59.2 Å². The number of rotatable bonds is 5. The van der Waals surface area contributed by atoms with Crippen LogP contribution in [0.15, 0.2) is 42.5 Å². The smallest absolute Gasteiger partial charge is 0.251 e. The zero-order valence-electron chi connectivity index (χ0n) is 16.4. The van der Waals surface area contributed by atoms with Crippen LogP contribution in [-0.2, 0) is 0 Å². The Morgan fingerprint density at radius 2 is 1.79 bits per heavy atom. The van der Waals surface area contributed by atoms with E-state index in [-0.39, 0.29) is 5.91 Å². The first-order chi connectivity index (χ1) is 13.6. The van der Waals surface area contributed by atoms with Gasteiger partial charge in [0.15, 0.2) is 5.13 Å². The number of aromatic nitrogens is 1. The van der Waals surface area contributed by atoms with Crippen molar-refractivity contribution in [1.29, 1.82) is 0 Å². The highest BCUT2D eigenvalue weighted by Crippen LogP contribution is 2.30. The molecular weight excluding hydrogens is 368 g/mol. The van der Waals surface area contributed by atoms with Crippen LogP contribution < -0.4 is 10.2 Å². The van der Waals surface area contributed by atoms with E-state index < -0.39 is 0 Å². The van der Waals surface area contributed by atoms with Gasteiger partial charge >= 0.3 is 0 Å². The van der Waals surface area contributed by atoms with Crippen LogP contribution in [0.4, 0.5) is 5.13 Å². The molecule has 0 unspecified atom stereocenters. The molecule has 1 aliphatic heterocycles. The molecule has 3 aromatic rings. The maximum absolute atomic E-state index is 12.3. The molecule has 0 radical (unpaired) electrons. The van der Waals surface area contributed by atoms with Crippen molar-refractivity contribution >= 4 is 32.6 Å². The summed E-state index contributed by atoms with van der Waals surface area (Å²) in [7, 11) is 0. The third-order valence-corrected chi connectivity index (χ3v) is 6.44. The van der Waals surface area contributed by atoms with E-state index >= 15 is 0 Å². The average molecular weight is 395 g/mol. The van der Waals surface area contributed by atoms with Crippen LogP contribution in [0.3, 0.4) is 0 Å². The van der Waals surface area contributed by atoms with Crippen molar-refractivity contribution in [1.82, 2.24) is 15.2 Å². The standard InChI is InChI=1S/C22H26N4OS/c1-16-6-3-4-8-18(16)21(27)23-10-11-25-12-14-26(15-13-25)22-24-20-17(2)7-5-9-19(20)28-22/h3-9H,10-15H2,1-2H3,(H,23,27). The van der Waals surface area contributed by atoms with E-state index in [9.17, 15) is 4.79 Å². The number of fused-ring (bicyclic) bond motifs is 1. The van der Waals surface area contributed by atoms with Crippen molar-refractivity contribution in [2.24, 2.45) is 0 Å². The molecule has 2 aromatic carbocycles. The van der Waals surface area contributed by atoms with E-state index in [1.807, 2.05) is 31.2 Å². The number of amides is 1. The minimum atomic E-state index is 0.0154. The van der Waals surface area contributed by atoms with E-state index in [0.717, 1.165) is 54.5 Å². The molecule has 1 saturated heterocycles. The molecule has 0 saturated carbocycles. The van der Waals surface area contributed by atoms with Crippen molar-refractivity contribution in [2.45, 2.75) is 13.8 Å². The Bertz CT molecular complexity index is 976. The highest BCUT2D eigenvalue weighted by Gasteiger charge is 2.20. The van der Waals surface area contributed by atoms with Crippen LogP contribution in [0.1, 0.15) is 21.5 Å². The van der Waals surface area contributed by atoms with Gasteiger partial charge in [-0.2, -0.15) is 0 Å². The highest BCUT2D eigenvalue weighted by molar-refractivity contribution is 7.22. The SMILES string of the molecule is Cc1ccccc1C(=O)NCCN1CCN(c2nc3c(C)cccc3s2)CC1. The van der Waals surface area contributed by atoms with Gasteiger partial charge in [-0.05, 0) is 37.1 Å². The summed E-state index contributed by atoms with van der Waals surface area (Å²) in [5.74, 6) is 0.0154. The Hall–Kier alpha value is -2.44. The summed E-state index contributed by atoms with van der Waals surface area (Å²) < 4.78 is 1.26. The van der Waals surface area contributed by atoms with Gasteiger partial charge in [-0.3, -0.25) is 9.69 Å². The number of hydrogen-bond acceptors (Lipinski definition) is 5. The van der Waals surface area contributed by atoms with E-state index in [4.69, 9.17) is 4.98 Å². The third kappa shape index (κ3) is 4.03. The quantitative estimate of drug-likeness (QED) is 0.720. The summed E-state index contributed by atoms with van der Waals surface area (Å²) in [6.45, 7) is 9.59. The molecule has 0 spiro atoms. The molecule has 146 valence electrons. The molecule has 2 heterocycles. The normalized spacial score (nSPS) is 15.1. The highest BCUT2D eigenvalue weighted by atomic mass is 32.1. The van der Waals surface area contributed by atoms with Gasteiger partial charge in [0, 0.05) is 44.8 Å². The summed E-state index contributed by atoms with van der Waals surface area (Å²) in [6.07, 6.45) is 0. The molecule has 1 aliphatic rings. The molecule has 0 bridgehead atoms. The first-order valence-electron chi connectivity index (χ1n) is 9.79. The van der Waals surface area contributed by atoms with Gasteiger partial charge in [0.1, 0.15) is 0 Å². The van der Waals surface area contributed by atoms with Crippen LogP contribution >= 0.6 is 11.3 Å². The van der Waals surface area contributed by atoms with E-state index in [2.05, 4.69) is 40.2 Å². The van der Waals surface area contributed by atoms with Crippen molar-refractivity contribution in [3.8, 4) is 0 Å². The molecule has 0 aliphatic carbocycles. The van der Waals surface area contributed by atoms with E-state index in [1.54, 1.807) is 11.3 Å². The second-order valence-corrected chi connectivity index (χ2v) is 8.33. The van der Waals surface area contributed by atoms with Crippen LogP contribution in [0.25, 0.3) is 10.2 Å². The average Bonchev–Trinajstić information content (AvgIpc) is 3.14. The Kier molecular flexibility index (Phi) is 5.59. The Morgan fingerprint density at radius 1 is 1.04 bits per heavy atom. The van der Waals surface area contributed by atoms with Crippen LogP contribution in [-0.4, -0.2) is 55.1 Å². The van der Waals surface area contributed by atoms with Gasteiger partial charge in [0.2, 0.25) is 0 Å². The number of benzene rings is 2. The second kappa shape index (κ2) is 8.29. The number of hydrogen-bond donors (Lipinski definition) is 1. The lowest BCUT2D eigenvalue weighted by Crippen LogP contribution is -2.48. The van der Waals surface area contributed by atoms with E-state index in [1.165, 1.54) is 10.3 Å². The summed E-state index contributed by atoms with van der Waals surface area (Å²) in [6, 6.07) is 14.1. The number of piperazine rings is 1. The fraction of sp³-hybridized carbons (Fsp3) is 0.364. The number of carbonyl (C=O) groups is 1. The maximum Gasteiger partial charge on any atom is 0.251 e. The molecular formula is C22H26N4OS. The fourth-order valence-electron chi connectivity index (χ4n) is 3.62. The maximum atomic E-state index is 12.3. The molecule has 1 N–H and O–H groups in total. The number of nitrogens with zero attached hydrogens (tertiary/aromatic N) is 3. The number of nitrogens with one attached hydrogen (secondary N) is 1. The number of para-hydroxylation sites is 1. The second-order valence-electron chi connectivity index (χ2n) is 7.32. The van der Waals surface area contributed by atoms with Gasteiger partial charge in [0.25, 0.3) is 5.91 Å². The topological polar surface area (TPSA) is 48.5 Å². The lowest BCUT2D eigenvalue weighted by molar-refractivity contribution is 0.0947. The zero-order valence-corrected chi connectivity index (χ0v) is 17.3. The van der Waals surface area contributed by atoms with Gasteiger partial charge in [-0.1, -0.05) is 41.7 Å². The zero-order chi connectivity index (χ0) is 19.5. The lowest BCUT2D eigenvalue weighted by atomic mass is 10.1. The molecule has 1 aromatic heterocycles. The van der Waals surface area contributed by atoms with E-state index in [0.29, 0.717) is 6.54 Å². The summed E-state index contributed by atoms with van der Waals surface area (Å²) in [5.41, 5.74) is 4.14. The predicted molar refractivity (Wildman–Crippen MR) is 117 cm³/mol. The van der Waals surface area contributed by atoms with Crippen molar-refractivity contribution < 1.29 is 4.79 Å². The monoisotopic (exact) mass is 394 g/mol. The van der Waals surface area contributed by atoms with Crippen LogP contribution in [0.2, 0.25) is 0 Å².